The van der Waals surface area contributed by atoms with Crippen LogP contribution >= 0.6 is 31.9 Å². The molecule has 0 saturated heterocycles. The zero-order valence-corrected chi connectivity index (χ0v) is 20.0. The first-order valence-electron chi connectivity index (χ1n) is 9.33. The average molecular weight is 528 g/mol. The van der Waals surface area contributed by atoms with E-state index in [-0.39, 0.29) is 0 Å². The lowest BCUT2D eigenvalue weighted by Crippen LogP contribution is -1.97. The Bertz CT molecular complexity index is 1180. The number of benzene rings is 3. The molecule has 0 saturated carbocycles. The molecule has 0 aliphatic heterocycles. The summed E-state index contributed by atoms with van der Waals surface area (Å²) in [5.74, 6) is 2.22. The van der Waals surface area contributed by atoms with Gasteiger partial charge in [-0.2, -0.15) is 0 Å². The van der Waals surface area contributed by atoms with Crippen LogP contribution in [0.5, 0.6) is 11.5 Å². The molecule has 0 unspecified atom stereocenters. The lowest BCUT2D eigenvalue weighted by molar-refractivity contribution is 0.355. The largest absolute Gasteiger partial charge is 0.493 e. The first-order chi connectivity index (χ1) is 14.5. The predicted molar refractivity (Wildman–Crippen MR) is 128 cm³/mol. The Labute approximate surface area is 192 Å². The van der Waals surface area contributed by atoms with E-state index in [1.807, 2.05) is 49.5 Å². The highest BCUT2D eigenvalue weighted by Crippen LogP contribution is 2.38. The third-order valence-electron chi connectivity index (χ3n) is 4.97. The number of methoxy groups -OCH3 is 2. The molecule has 0 N–H and O–H groups in total. The van der Waals surface area contributed by atoms with Crippen LogP contribution in [0.2, 0.25) is 0 Å². The van der Waals surface area contributed by atoms with Crippen molar-refractivity contribution in [1.82, 2.24) is 9.55 Å². The van der Waals surface area contributed by atoms with Crippen LogP contribution in [-0.4, -0.2) is 23.8 Å². The van der Waals surface area contributed by atoms with E-state index in [2.05, 4.69) is 60.7 Å². The fourth-order valence-corrected chi connectivity index (χ4v) is 4.01. The Balaban J connectivity index is 1.94. The molecule has 0 fully saturated rings. The number of hydrogen-bond acceptors (Lipinski definition) is 3. The Morgan fingerprint density at radius 2 is 1.23 bits per heavy atom. The molecule has 0 spiro atoms. The van der Waals surface area contributed by atoms with Crippen LogP contribution < -0.4 is 9.47 Å². The summed E-state index contributed by atoms with van der Waals surface area (Å²) in [6.45, 7) is 0. The molecule has 30 heavy (non-hydrogen) atoms. The normalized spacial score (nSPS) is 10.8. The standard InChI is InChI=1S/C24H20Br2N2O2/c1-28-23(16-6-11-19(26)12-7-16)22(15-4-9-18(25)10-5-15)27-24(28)17-8-13-20(29-2)21(14-17)30-3/h4-14H,1-3H3. The van der Waals surface area contributed by atoms with E-state index in [0.717, 1.165) is 42.8 Å². The molecular formula is C24H20Br2N2O2. The third kappa shape index (κ3) is 3.89. The minimum Gasteiger partial charge on any atom is -0.493 e. The highest BCUT2D eigenvalue weighted by Gasteiger charge is 2.20. The third-order valence-corrected chi connectivity index (χ3v) is 6.03. The molecule has 4 aromatic rings. The topological polar surface area (TPSA) is 36.3 Å². The van der Waals surface area contributed by atoms with Crippen LogP contribution in [0.4, 0.5) is 0 Å². The van der Waals surface area contributed by atoms with E-state index >= 15 is 0 Å². The van der Waals surface area contributed by atoms with E-state index in [1.165, 1.54) is 0 Å². The molecule has 0 amide bonds. The monoisotopic (exact) mass is 526 g/mol. The van der Waals surface area contributed by atoms with Crippen molar-refractivity contribution in [2.75, 3.05) is 14.2 Å². The van der Waals surface area contributed by atoms with Crippen LogP contribution in [0.15, 0.2) is 75.7 Å². The zero-order chi connectivity index (χ0) is 21.3. The maximum atomic E-state index is 5.50. The summed E-state index contributed by atoms with van der Waals surface area (Å²) in [6.07, 6.45) is 0. The van der Waals surface area contributed by atoms with Gasteiger partial charge in [-0.25, -0.2) is 4.98 Å². The van der Waals surface area contributed by atoms with E-state index in [1.54, 1.807) is 14.2 Å². The summed E-state index contributed by atoms with van der Waals surface area (Å²) in [7, 11) is 5.31. The summed E-state index contributed by atoms with van der Waals surface area (Å²) in [4.78, 5) is 5.05. The molecule has 0 radical (unpaired) electrons. The maximum Gasteiger partial charge on any atom is 0.161 e. The van der Waals surface area contributed by atoms with Gasteiger partial charge in [-0.15, -0.1) is 0 Å². The van der Waals surface area contributed by atoms with Gasteiger partial charge in [0.2, 0.25) is 0 Å². The van der Waals surface area contributed by atoms with Gasteiger partial charge < -0.3 is 14.0 Å². The van der Waals surface area contributed by atoms with Crippen molar-refractivity contribution in [2.45, 2.75) is 0 Å². The van der Waals surface area contributed by atoms with Crippen LogP contribution in [0.3, 0.4) is 0 Å². The summed E-state index contributed by atoms with van der Waals surface area (Å²) >= 11 is 7.04. The molecule has 6 heteroatoms. The van der Waals surface area contributed by atoms with Crippen molar-refractivity contribution in [3.8, 4) is 45.4 Å². The SMILES string of the molecule is COc1ccc(-c2nc(-c3ccc(Br)cc3)c(-c3ccc(Br)cc3)n2C)cc1OC. The van der Waals surface area contributed by atoms with E-state index in [4.69, 9.17) is 14.5 Å². The second-order valence-electron chi connectivity index (χ2n) is 6.78. The predicted octanol–water partition coefficient (Wildman–Crippen LogP) is 6.96. The molecule has 152 valence electrons. The highest BCUT2D eigenvalue weighted by molar-refractivity contribution is 9.10. The van der Waals surface area contributed by atoms with Crippen molar-refractivity contribution >= 4 is 31.9 Å². The number of nitrogens with zero attached hydrogens (tertiary/aromatic N) is 2. The number of halogens is 2. The van der Waals surface area contributed by atoms with Gasteiger partial charge >= 0.3 is 0 Å². The second-order valence-corrected chi connectivity index (χ2v) is 8.61. The Hall–Kier alpha value is -2.57. The fourth-order valence-electron chi connectivity index (χ4n) is 3.48. The minimum absolute atomic E-state index is 0.674. The molecule has 0 atom stereocenters. The fraction of sp³-hybridized carbons (Fsp3) is 0.125. The summed E-state index contributed by atoms with van der Waals surface area (Å²) < 4.78 is 15.1. The van der Waals surface area contributed by atoms with Crippen molar-refractivity contribution in [3.63, 3.8) is 0 Å². The molecule has 4 rings (SSSR count). The van der Waals surface area contributed by atoms with Crippen molar-refractivity contribution in [3.05, 3.63) is 75.7 Å². The first kappa shape index (κ1) is 20.7. The highest BCUT2D eigenvalue weighted by atomic mass is 79.9. The van der Waals surface area contributed by atoms with Gasteiger partial charge in [-0.3, -0.25) is 0 Å². The molecule has 0 bridgehead atoms. The first-order valence-corrected chi connectivity index (χ1v) is 10.9. The molecular weight excluding hydrogens is 508 g/mol. The number of imidazole rings is 1. The van der Waals surface area contributed by atoms with E-state index in [9.17, 15) is 0 Å². The molecule has 1 aromatic heterocycles. The number of aromatic nitrogens is 2. The number of hydrogen-bond donors (Lipinski definition) is 0. The molecule has 4 nitrogen and oxygen atoms in total. The Kier molecular flexibility index (Phi) is 5.97. The van der Waals surface area contributed by atoms with Crippen molar-refractivity contribution in [2.24, 2.45) is 7.05 Å². The quantitative estimate of drug-likeness (QED) is 0.281. The van der Waals surface area contributed by atoms with Gasteiger partial charge in [0.25, 0.3) is 0 Å². The number of rotatable bonds is 5. The summed E-state index contributed by atoms with van der Waals surface area (Å²) in [5, 5.41) is 0. The van der Waals surface area contributed by atoms with Crippen LogP contribution in [0.25, 0.3) is 33.9 Å². The van der Waals surface area contributed by atoms with Gasteiger partial charge in [-0.1, -0.05) is 56.1 Å². The summed E-state index contributed by atoms with van der Waals surface area (Å²) in [5.41, 5.74) is 5.08. The molecule has 0 aliphatic rings. The number of ether oxygens (including phenoxy) is 2. The Morgan fingerprint density at radius 1 is 0.700 bits per heavy atom. The van der Waals surface area contributed by atoms with Gasteiger partial charge in [-0.05, 0) is 42.5 Å². The van der Waals surface area contributed by atoms with Crippen molar-refractivity contribution < 1.29 is 9.47 Å². The smallest absolute Gasteiger partial charge is 0.161 e. The zero-order valence-electron chi connectivity index (χ0n) is 16.8. The average Bonchev–Trinajstić information content (AvgIpc) is 3.11. The molecule has 3 aromatic carbocycles. The lowest BCUT2D eigenvalue weighted by Gasteiger charge is -2.11. The maximum absolute atomic E-state index is 5.50. The van der Waals surface area contributed by atoms with Crippen LogP contribution in [0.1, 0.15) is 0 Å². The summed E-state index contributed by atoms with van der Waals surface area (Å²) in [6, 6.07) is 22.4. The molecule has 0 aliphatic carbocycles. The van der Waals surface area contributed by atoms with Crippen LogP contribution in [-0.2, 0) is 7.05 Å². The minimum atomic E-state index is 0.674. The van der Waals surface area contributed by atoms with Gasteiger partial charge in [0.05, 0.1) is 25.6 Å². The lowest BCUT2D eigenvalue weighted by atomic mass is 10.0. The Morgan fingerprint density at radius 3 is 1.80 bits per heavy atom. The van der Waals surface area contributed by atoms with E-state index < -0.39 is 0 Å². The van der Waals surface area contributed by atoms with Gasteiger partial charge in [0, 0.05) is 32.7 Å². The molecule has 1 heterocycles. The second kappa shape index (κ2) is 8.66. The van der Waals surface area contributed by atoms with E-state index in [0.29, 0.717) is 11.5 Å². The van der Waals surface area contributed by atoms with Gasteiger partial charge in [0.15, 0.2) is 11.5 Å². The van der Waals surface area contributed by atoms with Gasteiger partial charge in [0.1, 0.15) is 5.82 Å². The van der Waals surface area contributed by atoms with Crippen molar-refractivity contribution in [1.29, 1.82) is 0 Å². The van der Waals surface area contributed by atoms with Crippen LogP contribution in [0, 0.1) is 0 Å².